The summed E-state index contributed by atoms with van der Waals surface area (Å²) < 4.78 is 18.9. The molecule has 90 valence electrons. The molecule has 0 aliphatic carbocycles. The third-order valence-corrected chi connectivity index (χ3v) is 2.29. The van der Waals surface area contributed by atoms with Gasteiger partial charge in [-0.3, -0.25) is 0 Å². The van der Waals surface area contributed by atoms with Gasteiger partial charge in [-0.05, 0) is 33.6 Å². The van der Waals surface area contributed by atoms with E-state index < -0.39 is 17.4 Å². The van der Waals surface area contributed by atoms with Gasteiger partial charge in [-0.25, -0.2) is 9.18 Å². The van der Waals surface area contributed by atoms with Crippen molar-refractivity contribution in [3.05, 3.63) is 0 Å². The molecule has 0 spiro atoms. The zero-order valence-electron chi connectivity index (χ0n) is 9.92. The van der Waals surface area contributed by atoms with Gasteiger partial charge in [0, 0.05) is 6.54 Å². The maximum Gasteiger partial charge on any atom is 0.410 e. The fourth-order valence-corrected chi connectivity index (χ4v) is 1.58. The van der Waals surface area contributed by atoms with Crippen LogP contribution in [0.5, 0.6) is 0 Å². The number of likely N-dealkylation sites (tertiary alicyclic amines) is 1. The van der Waals surface area contributed by atoms with Gasteiger partial charge < -0.3 is 9.64 Å². The number of carbonyl (C=O) groups excluding carboxylic acids is 1. The van der Waals surface area contributed by atoms with Gasteiger partial charge in [-0.1, -0.05) is 0 Å². The molecule has 0 bridgehead atoms. The molecule has 0 radical (unpaired) electrons. The van der Waals surface area contributed by atoms with Crippen molar-refractivity contribution in [3.63, 3.8) is 0 Å². The molecule has 1 atom stereocenters. The molecule has 1 amide bonds. The summed E-state index contributed by atoms with van der Waals surface area (Å²) >= 11 is 0. The van der Waals surface area contributed by atoms with Crippen LogP contribution in [0.15, 0.2) is 0 Å². The monoisotopic (exact) mass is 228 g/mol. The molecule has 0 saturated carbocycles. The van der Waals surface area contributed by atoms with Crippen LogP contribution in [0.4, 0.5) is 9.18 Å². The van der Waals surface area contributed by atoms with Crippen molar-refractivity contribution in [2.75, 3.05) is 13.1 Å². The summed E-state index contributed by atoms with van der Waals surface area (Å²) in [4.78, 5) is 12.9. The smallest absolute Gasteiger partial charge is 0.410 e. The Labute approximate surface area is 95.0 Å². The SMILES string of the molecule is CC(C)(C)OC(=O)N1CCC[C@](F)(C#N)C1. The van der Waals surface area contributed by atoms with Crippen LogP contribution in [0.3, 0.4) is 0 Å². The average molecular weight is 228 g/mol. The first-order chi connectivity index (χ1) is 7.26. The number of nitriles is 1. The summed E-state index contributed by atoms with van der Waals surface area (Å²) in [6.07, 6.45) is 0.121. The molecule has 1 heterocycles. The lowest BCUT2D eigenvalue weighted by molar-refractivity contribution is 0.00591. The van der Waals surface area contributed by atoms with E-state index >= 15 is 0 Å². The normalized spacial score (nSPS) is 26.1. The molecule has 1 saturated heterocycles. The van der Waals surface area contributed by atoms with E-state index in [1.165, 1.54) is 4.90 Å². The van der Waals surface area contributed by atoms with Crippen molar-refractivity contribution in [1.29, 1.82) is 5.26 Å². The Balaban J connectivity index is 2.62. The Hall–Kier alpha value is -1.31. The largest absolute Gasteiger partial charge is 0.444 e. The number of nitrogens with zero attached hydrogens (tertiary/aromatic N) is 2. The lowest BCUT2D eigenvalue weighted by atomic mass is 9.97. The van der Waals surface area contributed by atoms with E-state index in [9.17, 15) is 9.18 Å². The highest BCUT2D eigenvalue weighted by molar-refractivity contribution is 5.68. The number of ether oxygens (including phenoxy) is 1. The van der Waals surface area contributed by atoms with E-state index in [1.807, 2.05) is 0 Å². The van der Waals surface area contributed by atoms with Crippen LogP contribution in [0.2, 0.25) is 0 Å². The van der Waals surface area contributed by atoms with E-state index in [0.717, 1.165) is 0 Å². The van der Waals surface area contributed by atoms with Crippen molar-refractivity contribution in [2.45, 2.75) is 44.9 Å². The zero-order chi connectivity index (χ0) is 12.4. The maximum absolute atomic E-state index is 13.7. The third-order valence-electron chi connectivity index (χ3n) is 2.29. The van der Waals surface area contributed by atoms with E-state index in [-0.39, 0.29) is 13.0 Å². The number of halogens is 1. The molecule has 1 aliphatic heterocycles. The van der Waals surface area contributed by atoms with Crippen LogP contribution in [-0.2, 0) is 4.74 Å². The first kappa shape index (κ1) is 12.8. The second-order valence-corrected chi connectivity index (χ2v) is 5.08. The summed E-state index contributed by atoms with van der Waals surface area (Å²) in [7, 11) is 0. The Morgan fingerprint density at radius 2 is 2.19 bits per heavy atom. The van der Waals surface area contributed by atoms with Crippen LogP contribution in [0.1, 0.15) is 33.6 Å². The highest BCUT2D eigenvalue weighted by Gasteiger charge is 2.38. The van der Waals surface area contributed by atoms with E-state index in [4.69, 9.17) is 10.00 Å². The van der Waals surface area contributed by atoms with Crippen LogP contribution in [-0.4, -0.2) is 35.4 Å². The number of piperidine rings is 1. The molecule has 0 unspecified atom stereocenters. The van der Waals surface area contributed by atoms with E-state index in [0.29, 0.717) is 13.0 Å². The Kier molecular flexibility index (Phi) is 3.41. The molecule has 0 aromatic heterocycles. The number of amides is 1. The minimum Gasteiger partial charge on any atom is -0.444 e. The quantitative estimate of drug-likeness (QED) is 0.639. The van der Waals surface area contributed by atoms with Gasteiger partial charge >= 0.3 is 6.09 Å². The number of rotatable bonds is 0. The van der Waals surface area contributed by atoms with Crippen LogP contribution in [0.25, 0.3) is 0 Å². The number of hydrogen-bond acceptors (Lipinski definition) is 3. The van der Waals surface area contributed by atoms with Gasteiger partial charge in [-0.2, -0.15) is 5.26 Å². The maximum atomic E-state index is 13.7. The molecule has 1 aliphatic rings. The number of hydrogen-bond donors (Lipinski definition) is 0. The van der Waals surface area contributed by atoms with Crippen LogP contribution < -0.4 is 0 Å². The highest BCUT2D eigenvalue weighted by Crippen LogP contribution is 2.25. The summed E-state index contributed by atoms with van der Waals surface area (Å²) in [5.41, 5.74) is -2.52. The Morgan fingerprint density at radius 3 is 2.69 bits per heavy atom. The minimum atomic E-state index is -1.92. The molecule has 4 nitrogen and oxygen atoms in total. The lowest BCUT2D eigenvalue weighted by Crippen LogP contribution is -2.48. The highest BCUT2D eigenvalue weighted by atomic mass is 19.1. The van der Waals surface area contributed by atoms with Gasteiger partial charge in [0.15, 0.2) is 0 Å². The molecule has 1 rings (SSSR count). The number of alkyl halides is 1. The molecule has 0 N–H and O–H groups in total. The molecule has 16 heavy (non-hydrogen) atoms. The fourth-order valence-electron chi connectivity index (χ4n) is 1.58. The van der Waals surface area contributed by atoms with Crippen molar-refractivity contribution in [3.8, 4) is 6.07 Å². The number of carbonyl (C=O) groups is 1. The summed E-state index contributed by atoms with van der Waals surface area (Å²) in [6.45, 7) is 5.51. The van der Waals surface area contributed by atoms with Crippen molar-refractivity contribution in [2.24, 2.45) is 0 Å². The second-order valence-electron chi connectivity index (χ2n) is 5.08. The molecular weight excluding hydrogens is 211 g/mol. The Bertz CT molecular complexity index is 319. The standard InChI is InChI=1S/C11H17FN2O2/c1-10(2,3)16-9(15)14-6-4-5-11(12,7-13)8-14/h4-6,8H2,1-3H3/t11-/m0/s1. The van der Waals surface area contributed by atoms with Gasteiger partial charge in [-0.15, -0.1) is 0 Å². The zero-order valence-corrected chi connectivity index (χ0v) is 9.92. The first-order valence-corrected chi connectivity index (χ1v) is 5.34. The van der Waals surface area contributed by atoms with E-state index in [1.54, 1.807) is 26.8 Å². The van der Waals surface area contributed by atoms with Crippen molar-refractivity contribution >= 4 is 6.09 Å². The fraction of sp³-hybridized carbons (Fsp3) is 0.818. The summed E-state index contributed by atoms with van der Waals surface area (Å²) in [6, 6.07) is 1.61. The summed E-state index contributed by atoms with van der Waals surface area (Å²) in [5.74, 6) is 0. The predicted molar refractivity (Wildman–Crippen MR) is 56.5 cm³/mol. The minimum absolute atomic E-state index is 0.183. The molecule has 0 aromatic carbocycles. The summed E-state index contributed by atoms with van der Waals surface area (Å²) in [5, 5.41) is 8.68. The average Bonchev–Trinajstić information content (AvgIpc) is 2.15. The molecule has 0 aromatic rings. The van der Waals surface area contributed by atoms with Crippen LogP contribution in [0, 0.1) is 11.3 Å². The van der Waals surface area contributed by atoms with Crippen molar-refractivity contribution < 1.29 is 13.9 Å². The van der Waals surface area contributed by atoms with Crippen molar-refractivity contribution in [1.82, 2.24) is 4.90 Å². The lowest BCUT2D eigenvalue weighted by Gasteiger charge is -2.34. The topological polar surface area (TPSA) is 53.3 Å². The second kappa shape index (κ2) is 4.28. The van der Waals surface area contributed by atoms with Gasteiger partial charge in [0.2, 0.25) is 5.67 Å². The predicted octanol–water partition coefficient (Wildman–Crippen LogP) is 2.25. The van der Waals surface area contributed by atoms with Crippen LogP contribution >= 0.6 is 0 Å². The first-order valence-electron chi connectivity index (χ1n) is 5.34. The van der Waals surface area contributed by atoms with Gasteiger partial charge in [0.25, 0.3) is 0 Å². The molecular formula is C11H17FN2O2. The van der Waals surface area contributed by atoms with Gasteiger partial charge in [0.1, 0.15) is 11.7 Å². The Morgan fingerprint density at radius 1 is 1.56 bits per heavy atom. The molecule has 5 heteroatoms. The third kappa shape index (κ3) is 3.37. The van der Waals surface area contributed by atoms with Gasteiger partial charge in [0.05, 0.1) is 6.54 Å². The molecule has 1 fully saturated rings. The van der Waals surface area contributed by atoms with E-state index in [2.05, 4.69) is 0 Å².